The van der Waals surface area contributed by atoms with E-state index in [-0.39, 0.29) is 15.4 Å². The predicted octanol–water partition coefficient (Wildman–Crippen LogP) is 3.39. The summed E-state index contributed by atoms with van der Waals surface area (Å²) in [5, 5.41) is 2.83. The van der Waals surface area contributed by atoms with Gasteiger partial charge in [-0.05, 0) is 0 Å². The molecule has 0 amide bonds. The molecule has 76 valence electrons. The van der Waals surface area contributed by atoms with E-state index >= 15 is 0 Å². The van der Waals surface area contributed by atoms with Gasteiger partial charge in [0.15, 0.2) is 0 Å². The fourth-order valence-corrected chi connectivity index (χ4v) is 4.57. The number of hydrogen-bond acceptors (Lipinski definition) is 0. The zero-order chi connectivity index (χ0) is 10.9. The van der Waals surface area contributed by atoms with Crippen molar-refractivity contribution in [1.82, 2.24) is 0 Å². The molecule has 2 aromatic rings. The molecule has 0 unspecified atom stereocenters. The van der Waals surface area contributed by atoms with E-state index in [0.29, 0.717) is 4.25 Å². The van der Waals surface area contributed by atoms with E-state index in [4.69, 9.17) is 0 Å². The molecule has 1 heteroatoms. The Morgan fingerprint density at radius 2 is 1.53 bits per heavy atom. The Hall–Kier alpha value is -0.757. The molecular formula is C14H16Ge. The van der Waals surface area contributed by atoms with Gasteiger partial charge in [0, 0.05) is 0 Å². The summed E-state index contributed by atoms with van der Waals surface area (Å²) in [6.07, 6.45) is 0. The van der Waals surface area contributed by atoms with Crippen molar-refractivity contribution in [3.05, 3.63) is 42.5 Å². The van der Waals surface area contributed by atoms with Gasteiger partial charge < -0.3 is 0 Å². The first-order valence-electron chi connectivity index (χ1n) is 5.32. The van der Waals surface area contributed by atoms with Crippen LogP contribution >= 0.6 is 0 Å². The summed E-state index contributed by atoms with van der Waals surface area (Å²) in [7, 11) is 0. The van der Waals surface area contributed by atoms with Crippen LogP contribution in [0.1, 0.15) is 20.8 Å². The van der Waals surface area contributed by atoms with E-state index in [1.165, 1.54) is 10.8 Å². The van der Waals surface area contributed by atoms with Gasteiger partial charge in [0.1, 0.15) is 0 Å². The van der Waals surface area contributed by atoms with Crippen LogP contribution in [-0.2, 0) is 0 Å². The fraction of sp³-hybridized carbons (Fsp3) is 0.286. The molecule has 2 radical (unpaired) electrons. The van der Waals surface area contributed by atoms with Crippen molar-refractivity contribution in [3.8, 4) is 0 Å². The summed E-state index contributed by atoms with van der Waals surface area (Å²) in [6.45, 7) is 7.03. The summed E-state index contributed by atoms with van der Waals surface area (Å²) in [5.41, 5.74) is 0. The van der Waals surface area contributed by atoms with Gasteiger partial charge >= 0.3 is 98.1 Å². The van der Waals surface area contributed by atoms with Crippen LogP contribution in [0.2, 0.25) is 4.25 Å². The minimum atomic E-state index is -0.0621. The molecule has 0 atom stereocenters. The normalized spacial score (nSPS) is 11.9. The molecule has 0 N–H and O–H groups in total. The average Bonchev–Trinajstić information content (AvgIpc) is 2.16. The summed E-state index contributed by atoms with van der Waals surface area (Å²) in [5.74, 6) is 0. The molecule has 0 spiro atoms. The summed E-state index contributed by atoms with van der Waals surface area (Å²) < 4.78 is 2.06. The Kier molecular flexibility index (Phi) is 2.88. The van der Waals surface area contributed by atoms with Crippen LogP contribution in [0.4, 0.5) is 0 Å². The maximum atomic E-state index is 2.34. The molecule has 0 aliphatic heterocycles. The van der Waals surface area contributed by atoms with Crippen molar-refractivity contribution < 1.29 is 0 Å². The maximum absolute atomic E-state index is 2.34. The number of hydrogen-bond donors (Lipinski definition) is 0. The molecular weight excluding hydrogens is 241 g/mol. The molecule has 2 rings (SSSR count). The van der Waals surface area contributed by atoms with Gasteiger partial charge in [0.25, 0.3) is 0 Å². The molecule has 0 heterocycles. The molecule has 0 nitrogen and oxygen atoms in total. The van der Waals surface area contributed by atoms with Crippen molar-refractivity contribution in [2.45, 2.75) is 25.0 Å². The first kappa shape index (κ1) is 10.8. The SMILES string of the molecule is C[C](C)(C)[Ge][c]1cccc2ccccc12. The molecule has 0 aliphatic carbocycles. The Morgan fingerprint density at radius 3 is 2.27 bits per heavy atom. The average molecular weight is 257 g/mol. The molecule has 0 fully saturated rings. The molecule has 0 aromatic heterocycles. The van der Waals surface area contributed by atoms with E-state index in [2.05, 4.69) is 63.2 Å². The fourth-order valence-electron chi connectivity index (χ4n) is 1.74. The van der Waals surface area contributed by atoms with Crippen molar-refractivity contribution >= 4 is 30.6 Å². The van der Waals surface area contributed by atoms with Crippen LogP contribution in [0, 0.1) is 0 Å². The topological polar surface area (TPSA) is 0 Å². The van der Waals surface area contributed by atoms with Crippen LogP contribution in [0.3, 0.4) is 0 Å². The summed E-state index contributed by atoms with van der Waals surface area (Å²) in [6, 6.07) is 15.4. The number of benzene rings is 2. The second kappa shape index (κ2) is 4.01. The minimum absolute atomic E-state index is 0.0621. The van der Waals surface area contributed by atoms with Gasteiger partial charge in [-0.25, -0.2) is 0 Å². The summed E-state index contributed by atoms with van der Waals surface area (Å²) in [4.78, 5) is 0. The van der Waals surface area contributed by atoms with Crippen molar-refractivity contribution in [1.29, 1.82) is 0 Å². The van der Waals surface area contributed by atoms with E-state index < -0.39 is 0 Å². The van der Waals surface area contributed by atoms with Crippen LogP contribution < -0.4 is 4.40 Å². The number of rotatable bonds is 1. The zero-order valence-electron chi connectivity index (χ0n) is 9.54. The van der Waals surface area contributed by atoms with Crippen LogP contribution in [0.25, 0.3) is 10.8 Å². The number of fused-ring (bicyclic) bond motifs is 1. The van der Waals surface area contributed by atoms with Crippen molar-refractivity contribution in [2.75, 3.05) is 0 Å². The van der Waals surface area contributed by atoms with Crippen LogP contribution in [-0.4, -0.2) is 15.4 Å². The monoisotopic (exact) mass is 258 g/mol. The molecule has 0 saturated carbocycles. The Labute approximate surface area is 98.2 Å². The molecule has 0 bridgehead atoms. The zero-order valence-corrected chi connectivity index (χ0v) is 11.6. The van der Waals surface area contributed by atoms with Crippen molar-refractivity contribution in [3.63, 3.8) is 0 Å². The molecule has 0 saturated heterocycles. The van der Waals surface area contributed by atoms with Crippen molar-refractivity contribution in [2.24, 2.45) is 0 Å². The van der Waals surface area contributed by atoms with Gasteiger partial charge in [-0.3, -0.25) is 0 Å². The second-order valence-electron chi connectivity index (χ2n) is 4.90. The quantitative estimate of drug-likeness (QED) is 0.687. The molecule has 0 aliphatic rings. The third-order valence-electron chi connectivity index (χ3n) is 2.30. The van der Waals surface area contributed by atoms with Crippen LogP contribution in [0.15, 0.2) is 42.5 Å². The van der Waals surface area contributed by atoms with Gasteiger partial charge in [-0.1, -0.05) is 0 Å². The Balaban J connectivity index is 2.52. The second-order valence-corrected chi connectivity index (χ2v) is 9.70. The van der Waals surface area contributed by atoms with Gasteiger partial charge in [0.2, 0.25) is 0 Å². The third kappa shape index (κ3) is 2.63. The van der Waals surface area contributed by atoms with Gasteiger partial charge in [-0.2, -0.15) is 0 Å². The first-order chi connectivity index (χ1) is 7.06. The van der Waals surface area contributed by atoms with E-state index in [1.54, 1.807) is 4.40 Å². The van der Waals surface area contributed by atoms with Crippen LogP contribution in [0.5, 0.6) is 0 Å². The Bertz CT molecular complexity index is 461. The first-order valence-corrected chi connectivity index (χ1v) is 7.42. The van der Waals surface area contributed by atoms with E-state index in [0.717, 1.165) is 0 Å². The van der Waals surface area contributed by atoms with Gasteiger partial charge in [-0.15, -0.1) is 0 Å². The summed E-state index contributed by atoms with van der Waals surface area (Å²) >= 11 is -0.0621. The third-order valence-corrected chi connectivity index (χ3v) is 5.35. The van der Waals surface area contributed by atoms with E-state index in [9.17, 15) is 0 Å². The molecule has 15 heavy (non-hydrogen) atoms. The Morgan fingerprint density at radius 1 is 0.867 bits per heavy atom. The predicted molar refractivity (Wildman–Crippen MR) is 69.1 cm³/mol. The van der Waals surface area contributed by atoms with Gasteiger partial charge in [0.05, 0.1) is 0 Å². The molecule has 2 aromatic carbocycles. The van der Waals surface area contributed by atoms with E-state index in [1.807, 2.05) is 0 Å². The standard InChI is InChI=1S/C14H16Ge/c1-14(2,3)15-13-10-6-8-11-7-4-5-9-12(11)13/h4-10H,1-3H3.